The summed E-state index contributed by atoms with van der Waals surface area (Å²) in [4.78, 5) is 0. The Labute approximate surface area is 51.9 Å². The minimum Gasteiger partial charge on any atom is -0.0441 e. The van der Waals surface area contributed by atoms with E-state index in [1.165, 1.54) is 6.42 Å². The predicted molar refractivity (Wildman–Crippen MR) is 37.1 cm³/mol. The van der Waals surface area contributed by atoms with E-state index < -0.39 is 6.20 Å². The molecule has 0 aromatic carbocycles. The molecule has 40 valence electrons. The topological polar surface area (TPSA) is 17.1 Å². The summed E-state index contributed by atoms with van der Waals surface area (Å²) in [6, 6.07) is 0. The van der Waals surface area contributed by atoms with Gasteiger partial charge in [-0.2, -0.15) is 0 Å². The van der Waals surface area contributed by atoms with E-state index in [-0.39, 0.29) is 0 Å². The van der Waals surface area contributed by atoms with E-state index in [0.717, 1.165) is 11.5 Å². The summed E-state index contributed by atoms with van der Waals surface area (Å²) < 4.78 is 10.5. The lowest BCUT2D eigenvalue weighted by molar-refractivity contribution is 0.603. The molecular weight excluding hydrogens is 147 g/mol. The van der Waals surface area contributed by atoms with Gasteiger partial charge in [0, 0.05) is 11.5 Å². The smallest absolute Gasteiger partial charge is 0.0441 e. The van der Waals surface area contributed by atoms with E-state index in [1.807, 2.05) is 0 Å². The molecule has 4 heteroatoms. The molecule has 0 atom stereocenters. The van der Waals surface area contributed by atoms with E-state index in [0.29, 0.717) is 0 Å². The zero-order valence-electron chi connectivity index (χ0n) is 3.79. The third-order valence-electron chi connectivity index (χ3n) is 0.682. The maximum absolute atomic E-state index is 10.5. The van der Waals surface area contributed by atoms with Crippen LogP contribution in [0, 0.1) is 0 Å². The van der Waals surface area contributed by atoms with Crippen LogP contribution in [0.5, 0.6) is 0 Å². The lowest BCUT2D eigenvalue weighted by atomic mass is 10.6. The van der Waals surface area contributed by atoms with Gasteiger partial charge in [0.25, 0.3) is 0 Å². The average molecular weight is 153 g/mol. The van der Waals surface area contributed by atoms with Crippen molar-refractivity contribution in [2.45, 2.75) is 6.42 Å². The summed E-state index contributed by atoms with van der Waals surface area (Å²) in [5.41, 5.74) is 0. The highest BCUT2D eigenvalue weighted by atomic mass is 33.1. The van der Waals surface area contributed by atoms with Gasteiger partial charge in [-0.1, -0.05) is 0 Å². The highest BCUT2D eigenvalue weighted by Crippen LogP contribution is 2.53. The minimum absolute atomic E-state index is 0.908. The predicted octanol–water partition coefficient (Wildman–Crippen LogP) is 2.51. The van der Waals surface area contributed by atoms with Gasteiger partial charge in [0.1, 0.15) is 22.8 Å². The highest BCUT2D eigenvalue weighted by molar-refractivity contribution is 8.84. The zero-order chi connectivity index (χ0) is 5.11. The molecule has 1 heterocycles. The summed E-state index contributed by atoms with van der Waals surface area (Å²) in [5.74, 6) is 2.20. The summed E-state index contributed by atoms with van der Waals surface area (Å²) in [6.45, 7) is 0. The average Bonchev–Trinajstić information content (AvgIpc) is 1.69. The van der Waals surface area contributed by atoms with Gasteiger partial charge in [-0.25, -0.2) is 0 Å². The molecule has 0 aromatic heterocycles. The molecule has 7 heavy (non-hydrogen) atoms. The van der Waals surface area contributed by atoms with Crippen molar-refractivity contribution in [3.05, 3.63) is 0 Å². The number of hydrogen-bond acceptors (Lipinski definition) is 3. The molecular formula is C3H6OPS2+. The van der Waals surface area contributed by atoms with Crippen LogP contribution in [0.1, 0.15) is 6.42 Å². The molecule has 1 saturated heterocycles. The van der Waals surface area contributed by atoms with Crippen molar-refractivity contribution < 1.29 is 4.57 Å². The van der Waals surface area contributed by atoms with Gasteiger partial charge in [-0.3, -0.25) is 0 Å². The Kier molecular flexibility index (Phi) is 2.50. The third kappa shape index (κ3) is 2.02. The fourth-order valence-electron chi connectivity index (χ4n) is 0.374. The Morgan fingerprint density at radius 1 is 1.29 bits per heavy atom. The quantitative estimate of drug-likeness (QED) is 0.498. The molecule has 1 aliphatic rings. The largest absolute Gasteiger partial charge is 0.483 e. The molecule has 0 bridgehead atoms. The molecule has 0 spiro atoms. The molecule has 0 unspecified atom stereocenters. The van der Waals surface area contributed by atoms with Gasteiger partial charge in [0.15, 0.2) is 0 Å². The Morgan fingerprint density at radius 3 is 2.14 bits per heavy atom. The second-order valence-corrected chi connectivity index (χ2v) is 7.26. The van der Waals surface area contributed by atoms with Crippen molar-refractivity contribution in [1.82, 2.24) is 0 Å². The van der Waals surface area contributed by atoms with Crippen LogP contribution >= 0.6 is 29.0 Å². The van der Waals surface area contributed by atoms with Crippen LogP contribution in [0.15, 0.2) is 0 Å². The van der Waals surface area contributed by atoms with Crippen LogP contribution < -0.4 is 0 Å². The molecule has 0 radical (unpaired) electrons. The first-order valence-corrected chi connectivity index (χ1v) is 6.57. The summed E-state index contributed by atoms with van der Waals surface area (Å²) >= 11 is 3.18. The summed E-state index contributed by atoms with van der Waals surface area (Å²) in [6.07, 6.45) is 0.324. The van der Waals surface area contributed by atoms with Crippen molar-refractivity contribution in [2.24, 2.45) is 0 Å². The summed E-state index contributed by atoms with van der Waals surface area (Å²) in [7, 11) is 0. The van der Waals surface area contributed by atoms with Crippen molar-refractivity contribution >= 4 is 29.0 Å². The number of hydrogen-bond donors (Lipinski definition) is 0. The van der Waals surface area contributed by atoms with Crippen molar-refractivity contribution in [1.29, 1.82) is 0 Å². The van der Waals surface area contributed by atoms with E-state index in [4.69, 9.17) is 0 Å². The van der Waals surface area contributed by atoms with E-state index >= 15 is 0 Å². The lowest BCUT2D eigenvalue weighted by Gasteiger charge is -1.91. The number of rotatable bonds is 0. The fraction of sp³-hybridized carbons (Fsp3) is 1.00. The Bertz CT molecular complexity index is 77.0. The molecule has 0 saturated carbocycles. The molecule has 0 aliphatic carbocycles. The van der Waals surface area contributed by atoms with Gasteiger partial charge >= 0.3 is 6.20 Å². The Balaban J connectivity index is 2.25. The van der Waals surface area contributed by atoms with Crippen LogP contribution in [-0.4, -0.2) is 11.5 Å². The van der Waals surface area contributed by atoms with Crippen LogP contribution in [0.4, 0.5) is 0 Å². The van der Waals surface area contributed by atoms with Gasteiger partial charge in [0.05, 0.1) is 0 Å². The molecule has 1 fully saturated rings. The van der Waals surface area contributed by atoms with Gasteiger partial charge < -0.3 is 0 Å². The SMILES string of the molecule is O=[P+]1SCCCS1. The third-order valence-corrected chi connectivity index (χ3v) is 6.30. The van der Waals surface area contributed by atoms with Crippen LogP contribution in [-0.2, 0) is 4.57 Å². The fourth-order valence-corrected chi connectivity index (χ4v) is 5.38. The van der Waals surface area contributed by atoms with Crippen LogP contribution in [0.25, 0.3) is 0 Å². The van der Waals surface area contributed by atoms with Crippen molar-refractivity contribution in [3.63, 3.8) is 0 Å². The van der Waals surface area contributed by atoms with Crippen LogP contribution in [0.2, 0.25) is 0 Å². The monoisotopic (exact) mass is 153 g/mol. The first-order valence-electron chi connectivity index (χ1n) is 2.13. The van der Waals surface area contributed by atoms with E-state index in [9.17, 15) is 4.57 Å². The maximum atomic E-state index is 10.5. The molecule has 1 aliphatic heterocycles. The molecule has 0 amide bonds. The Hall–Kier alpha value is 0.800. The first kappa shape index (κ1) is 5.93. The van der Waals surface area contributed by atoms with Gasteiger partial charge in [0.2, 0.25) is 0 Å². The first-order chi connectivity index (χ1) is 3.39. The highest BCUT2D eigenvalue weighted by Gasteiger charge is 2.23. The van der Waals surface area contributed by atoms with Gasteiger partial charge in [-0.15, -0.1) is 0 Å². The molecule has 1 rings (SSSR count). The van der Waals surface area contributed by atoms with Crippen LogP contribution in [0.3, 0.4) is 0 Å². The zero-order valence-corrected chi connectivity index (χ0v) is 6.32. The van der Waals surface area contributed by atoms with Crippen molar-refractivity contribution in [2.75, 3.05) is 11.5 Å². The standard InChI is InChI=1S/C3H6OPS2/c4-5-6-2-1-3-7-5/h1-3H2/q+1. The molecule has 1 nitrogen and oxygen atoms in total. The van der Waals surface area contributed by atoms with Crippen molar-refractivity contribution in [3.8, 4) is 0 Å². The maximum Gasteiger partial charge on any atom is 0.483 e. The second kappa shape index (κ2) is 2.95. The second-order valence-electron chi connectivity index (χ2n) is 1.24. The Morgan fingerprint density at radius 2 is 1.86 bits per heavy atom. The molecule has 0 aromatic rings. The minimum atomic E-state index is -0.908. The van der Waals surface area contributed by atoms with Gasteiger partial charge in [-0.05, 0) is 11.0 Å². The normalized spacial score (nSPS) is 22.6. The summed E-state index contributed by atoms with van der Waals surface area (Å²) in [5, 5.41) is 0. The van der Waals surface area contributed by atoms with E-state index in [1.54, 1.807) is 22.8 Å². The van der Waals surface area contributed by atoms with E-state index in [2.05, 4.69) is 0 Å². The lowest BCUT2D eigenvalue weighted by Crippen LogP contribution is -1.83. The molecule has 0 N–H and O–H groups in total.